The van der Waals surface area contributed by atoms with Crippen LogP contribution in [0.5, 0.6) is 0 Å². The van der Waals surface area contributed by atoms with Crippen LogP contribution in [-0.4, -0.2) is 36.1 Å². The predicted molar refractivity (Wildman–Crippen MR) is 85.7 cm³/mol. The number of nitrogens with zero attached hydrogens (tertiary/aromatic N) is 2. The van der Waals surface area contributed by atoms with Gasteiger partial charge in [0, 0.05) is 34.5 Å². The lowest BCUT2D eigenvalue weighted by Crippen LogP contribution is -2.28. The zero-order chi connectivity index (χ0) is 13.7. The second-order valence-electron chi connectivity index (χ2n) is 4.45. The molecule has 0 aliphatic rings. The fraction of sp³-hybridized carbons (Fsp3) is 0.400. The molecular formula is C15H20BrN3. The Morgan fingerprint density at radius 2 is 1.95 bits per heavy atom. The summed E-state index contributed by atoms with van der Waals surface area (Å²) >= 11 is 3.58. The van der Waals surface area contributed by atoms with Gasteiger partial charge in [-0.25, -0.2) is 4.98 Å². The average Bonchev–Trinajstić information content (AvgIpc) is 2.44. The largest absolute Gasteiger partial charge is 0.368 e. The van der Waals surface area contributed by atoms with Crippen LogP contribution < -0.4 is 5.32 Å². The van der Waals surface area contributed by atoms with E-state index in [0.29, 0.717) is 0 Å². The first kappa shape index (κ1) is 14.3. The smallest absolute Gasteiger partial charge is 0.133 e. The van der Waals surface area contributed by atoms with E-state index in [4.69, 9.17) is 0 Å². The zero-order valence-corrected chi connectivity index (χ0v) is 13.1. The monoisotopic (exact) mass is 321 g/mol. The van der Waals surface area contributed by atoms with Gasteiger partial charge in [0.15, 0.2) is 0 Å². The molecule has 0 radical (unpaired) electrons. The van der Waals surface area contributed by atoms with Gasteiger partial charge in [0.2, 0.25) is 0 Å². The van der Waals surface area contributed by atoms with Crippen molar-refractivity contribution in [2.75, 3.05) is 31.5 Å². The van der Waals surface area contributed by atoms with E-state index in [-0.39, 0.29) is 0 Å². The minimum Gasteiger partial charge on any atom is -0.368 e. The van der Waals surface area contributed by atoms with Crippen molar-refractivity contribution in [2.45, 2.75) is 13.8 Å². The molecule has 102 valence electrons. The van der Waals surface area contributed by atoms with Crippen LogP contribution in [0.4, 0.5) is 5.82 Å². The molecule has 0 aliphatic heterocycles. The van der Waals surface area contributed by atoms with Crippen molar-refractivity contribution in [1.29, 1.82) is 0 Å². The molecule has 0 saturated carbocycles. The van der Waals surface area contributed by atoms with Gasteiger partial charge in [0.25, 0.3) is 0 Å². The summed E-state index contributed by atoms with van der Waals surface area (Å²) in [7, 11) is 0. The summed E-state index contributed by atoms with van der Waals surface area (Å²) in [5.41, 5.74) is 0. The number of hydrogen-bond acceptors (Lipinski definition) is 3. The van der Waals surface area contributed by atoms with Gasteiger partial charge >= 0.3 is 0 Å². The number of nitrogens with one attached hydrogen (secondary N) is 1. The highest BCUT2D eigenvalue weighted by Crippen LogP contribution is 2.27. The van der Waals surface area contributed by atoms with Gasteiger partial charge in [-0.05, 0) is 25.2 Å². The summed E-state index contributed by atoms with van der Waals surface area (Å²) in [5, 5.41) is 5.80. The molecule has 19 heavy (non-hydrogen) atoms. The van der Waals surface area contributed by atoms with Crippen molar-refractivity contribution in [3.63, 3.8) is 0 Å². The topological polar surface area (TPSA) is 28.2 Å². The molecule has 0 fully saturated rings. The SMILES string of the molecule is CCN(CC)CCNc1nccc2c(Br)cccc12. The molecule has 1 N–H and O–H groups in total. The molecule has 0 atom stereocenters. The maximum atomic E-state index is 4.45. The van der Waals surface area contributed by atoms with Crippen molar-refractivity contribution in [2.24, 2.45) is 0 Å². The van der Waals surface area contributed by atoms with Crippen molar-refractivity contribution in [3.05, 3.63) is 34.9 Å². The molecule has 4 heteroatoms. The van der Waals surface area contributed by atoms with E-state index >= 15 is 0 Å². The van der Waals surface area contributed by atoms with Crippen molar-refractivity contribution in [3.8, 4) is 0 Å². The van der Waals surface area contributed by atoms with Crippen LogP contribution in [0.25, 0.3) is 10.8 Å². The first-order chi connectivity index (χ1) is 9.26. The van der Waals surface area contributed by atoms with E-state index in [1.54, 1.807) is 0 Å². The van der Waals surface area contributed by atoms with Crippen molar-refractivity contribution >= 4 is 32.5 Å². The quantitative estimate of drug-likeness (QED) is 0.878. The lowest BCUT2D eigenvalue weighted by atomic mass is 10.1. The highest BCUT2D eigenvalue weighted by atomic mass is 79.9. The van der Waals surface area contributed by atoms with Gasteiger partial charge in [0.1, 0.15) is 5.82 Å². The molecule has 0 spiro atoms. The summed E-state index contributed by atoms with van der Waals surface area (Å²) in [4.78, 5) is 6.84. The maximum Gasteiger partial charge on any atom is 0.133 e. The summed E-state index contributed by atoms with van der Waals surface area (Å²) in [6.07, 6.45) is 1.85. The van der Waals surface area contributed by atoms with Crippen molar-refractivity contribution < 1.29 is 0 Å². The van der Waals surface area contributed by atoms with Gasteiger partial charge in [-0.2, -0.15) is 0 Å². The van der Waals surface area contributed by atoms with E-state index < -0.39 is 0 Å². The Morgan fingerprint density at radius 1 is 1.16 bits per heavy atom. The molecule has 0 unspecified atom stereocenters. The Kier molecular flexibility index (Phi) is 5.16. The first-order valence-electron chi connectivity index (χ1n) is 6.75. The molecule has 2 aromatic rings. The van der Waals surface area contributed by atoms with E-state index in [1.807, 2.05) is 18.3 Å². The maximum absolute atomic E-state index is 4.45. The van der Waals surface area contributed by atoms with Crippen LogP contribution >= 0.6 is 15.9 Å². The standard InChI is InChI=1S/C15H20BrN3/c1-3-19(4-2)11-10-18-15-13-6-5-7-14(16)12(13)8-9-17-15/h5-9H,3-4,10-11H2,1-2H3,(H,17,18). The van der Waals surface area contributed by atoms with E-state index in [1.165, 1.54) is 5.39 Å². The Hall–Kier alpha value is -1.13. The molecular weight excluding hydrogens is 302 g/mol. The highest BCUT2D eigenvalue weighted by molar-refractivity contribution is 9.10. The van der Waals surface area contributed by atoms with E-state index in [2.05, 4.69) is 57.1 Å². The molecule has 0 aliphatic carbocycles. The molecule has 0 saturated heterocycles. The van der Waals surface area contributed by atoms with Gasteiger partial charge in [0.05, 0.1) is 0 Å². The van der Waals surface area contributed by atoms with Crippen LogP contribution in [0.3, 0.4) is 0 Å². The number of pyridine rings is 1. The van der Waals surface area contributed by atoms with Crippen LogP contribution in [0.2, 0.25) is 0 Å². The minimum atomic E-state index is 0.917. The number of likely N-dealkylation sites (N-methyl/N-ethyl adjacent to an activating group) is 1. The third-order valence-electron chi connectivity index (χ3n) is 3.37. The second-order valence-corrected chi connectivity index (χ2v) is 5.30. The number of benzene rings is 1. The number of halogens is 1. The fourth-order valence-electron chi connectivity index (χ4n) is 2.18. The highest BCUT2D eigenvalue weighted by Gasteiger charge is 2.05. The summed E-state index contributed by atoms with van der Waals surface area (Å²) in [6, 6.07) is 8.24. The Morgan fingerprint density at radius 3 is 2.68 bits per heavy atom. The second kappa shape index (κ2) is 6.87. The van der Waals surface area contributed by atoms with E-state index in [9.17, 15) is 0 Å². The molecule has 1 aromatic carbocycles. The summed E-state index contributed by atoms with van der Waals surface area (Å²) in [6.45, 7) is 8.52. The number of aromatic nitrogens is 1. The number of rotatable bonds is 6. The molecule has 0 amide bonds. The Balaban J connectivity index is 2.11. The Labute approximate surface area is 123 Å². The normalized spacial score (nSPS) is 11.2. The summed E-state index contributed by atoms with van der Waals surface area (Å²) in [5.74, 6) is 0.964. The van der Waals surface area contributed by atoms with Crippen LogP contribution in [0.15, 0.2) is 34.9 Å². The number of anilines is 1. The molecule has 1 aromatic heterocycles. The number of hydrogen-bond donors (Lipinski definition) is 1. The lowest BCUT2D eigenvalue weighted by Gasteiger charge is -2.18. The molecule has 3 nitrogen and oxygen atoms in total. The van der Waals surface area contributed by atoms with Crippen LogP contribution in [-0.2, 0) is 0 Å². The Bertz CT molecular complexity index is 538. The van der Waals surface area contributed by atoms with Gasteiger partial charge < -0.3 is 10.2 Å². The lowest BCUT2D eigenvalue weighted by molar-refractivity contribution is 0.316. The van der Waals surface area contributed by atoms with Gasteiger partial charge in [-0.1, -0.05) is 41.9 Å². The zero-order valence-electron chi connectivity index (χ0n) is 11.5. The fourth-order valence-corrected chi connectivity index (χ4v) is 2.68. The molecule has 2 rings (SSSR count). The van der Waals surface area contributed by atoms with Crippen molar-refractivity contribution in [1.82, 2.24) is 9.88 Å². The van der Waals surface area contributed by atoms with Gasteiger partial charge in [-0.3, -0.25) is 0 Å². The minimum absolute atomic E-state index is 0.917. The third-order valence-corrected chi connectivity index (χ3v) is 4.06. The van der Waals surface area contributed by atoms with E-state index in [0.717, 1.165) is 41.9 Å². The molecule has 0 bridgehead atoms. The summed E-state index contributed by atoms with van der Waals surface area (Å²) < 4.78 is 1.11. The van der Waals surface area contributed by atoms with Gasteiger partial charge in [-0.15, -0.1) is 0 Å². The first-order valence-corrected chi connectivity index (χ1v) is 7.55. The van der Waals surface area contributed by atoms with Crippen LogP contribution in [0, 0.1) is 0 Å². The number of fused-ring (bicyclic) bond motifs is 1. The third kappa shape index (κ3) is 3.45. The predicted octanol–water partition coefficient (Wildman–Crippen LogP) is 3.75. The van der Waals surface area contributed by atoms with Crippen LogP contribution in [0.1, 0.15) is 13.8 Å². The molecule has 1 heterocycles. The average molecular weight is 322 g/mol.